The molecule has 2 unspecified atom stereocenters. The molecule has 0 saturated carbocycles. The lowest BCUT2D eigenvalue weighted by atomic mass is 10.0. The predicted molar refractivity (Wildman–Crippen MR) is 132 cm³/mol. The van der Waals surface area contributed by atoms with E-state index in [1.165, 1.54) is 0 Å². The van der Waals surface area contributed by atoms with E-state index in [1.54, 1.807) is 20.8 Å². The van der Waals surface area contributed by atoms with Gasteiger partial charge in [0.1, 0.15) is 29.7 Å². The van der Waals surface area contributed by atoms with Crippen molar-refractivity contribution in [2.45, 2.75) is 89.9 Å². The summed E-state index contributed by atoms with van der Waals surface area (Å²) in [5, 5.41) is 23.6. The number of hydrogen-bond acceptors (Lipinski definition) is 10. The summed E-state index contributed by atoms with van der Waals surface area (Å²) in [6, 6.07) is -0.0618. The number of alkyl halides is 2. The highest BCUT2D eigenvalue weighted by molar-refractivity contribution is 5.90. The number of carbonyl (C=O) groups is 3. The molecule has 1 aliphatic rings. The minimum Gasteiger partial charge on any atom is -0.464 e. The minimum absolute atomic E-state index is 0.0368. The molecule has 1 fully saturated rings. The van der Waals surface area contributed by atoms with Crippen molar-refractivity contribution in [3.8, 4) is 0 Å². The maximum atomic E-state index is 14.4. The molecule has 0 radical (unpaired) electrons. The van der Waals surface area contributed by atoms with Gasteiger partial charge in [0.05, 0.1) is 13.2 Å². The second-order valence-electron chi connectivity index (χ2n) is 10.4. The van der Waals surface area contributed by atoms with Gasteiger partial charge in [-0.05, 0) is 39.2 Å². The minimum atomic E-state index is -2.42. The fraction of sp³-hybridized carbons (Fsp3) is 0.708. The first kappa shape index (κ1) is 32.0. The van der Waals surface area contributed by atoms with Crippen LogP contribution in [0.15, 0.2) is 17.1 Å². The van der Waals surface area contributed by atoms with Crippen LogP contribution in [0.2, 0.25) is 0 Å². The lowest BCUT2D eigenvalue weighted by Gasteiger charge is -2.38. The summed E-state index contributed by atoms with van der Waals surface area (Å²) in [6.07, 6.45) is -10.3. The van der Waals surface area contributed by atoms with Crippen LogP contribution in [-0.2, 0) is 23.8 Å². The van der Waals surface area contributed by atoms with Gasteiger partial charge in [0.15, 0.2) is 18.6 Å². The van der Waals surface area contributed by atoms with Gasteiger partial charge in [-0.25, -0.2) is 23.2 Å². The van der Waals surface area contributed by atoms with Crippen molar-refractivity contribution in [3.05, 3.63) is 22.7 Å². The first-order valence-corrected chi connectivity index (χ1v) is 12.4. The van der Waals surface area contributed by atoms with E-state index in [4.69, 9.17) is 14.2 Å². The van der Waals surface area contributed by atoms with Gasteiger partial charge in [-0.2, -0.15) is 4.98 Å². The molecule has 0 aromatic carbocycles. The van der Waals surface area contributed by atoms with Crippen LogP contribution in [0.4, 0.5) is 19.4 Å². The van der Waals surface area contributed by atoms with Crippen LogP contribution in [0.5, 0.6) is 0 Å². The number of aliphatic hydroxyl groups is 2. The normalized spacial score (nSPS) is 24.1. The van der Waals surface area contributed by atoms with Crippen LogP contribution in [-0.4, -0.2) is 87.1 Å². The summed E-state index contributed by atoms with van der Waals surface area (Å²) in [4.78, 5) is 53.2. The molecule has 39 heavy (non-hydrogen) atoms. The molecular formula is C24H36F2N4O9. The number of hydrogen-bond donors (Lipinski definition) is 4. The van der Waals surface area contributed by atoms with Gasteiger partial charge >= 0.3 is 17.8 Å². The van der Waals surface area contributed by atoms with Gasteiger partial charge < -0.3 is 35.1 Å². The standard InChI is InChI=1S/C24H36F2N4O9/c1-12(2)11-37-21(34)13(27-23(36)39-24(3,4)5)6-7-16(32)28-15-8-9-30(22(35)29-15)20-18(26)17(25)19(33)14(10-31)38-20/h8-9,12-14,17-20,31,33H,6-7,10-11H2,1-5H3,(H,27,36)(H,28,29,32,35)/t13?,14-,17-,18?,19+,20-/m1/s1. The Hall–Kier alpha value is -3.17. The average molecular weight is 563 g/mol. The smallest absolute Gasteiger partial charge is 0.408 e. The highest BCUT2D eigenvalue weighted by Gasteiger charge is 2.47. The van der Waals surface area contributed by atoms with Crippen molar-refractivity contribution in [2.75, 3.05) is 18.5 Å². The maximum absolute atomic E-state index is 14.4. The zero-order valence-electron chi connectivity index (χ0n) is 22.4. The number of esters is 1. The van der Waals surface area contributed by atoms with Crippen molar-refractivity contribution in [1.82, 2.24) is 14.9 Å². The zero-order chi connectivity index (χ0) is 29.5. The molecule has 4 N–H and O–H groups in total. The number of amides is 2. The second kappa shape index (κ2) is 13.8. The molecule has 0 spiro atoms. The number of halogens is 2. The summed E-state index contributed by atoms with van der Waals surface area (Å²) in [7, 11) is 0. The zero-order valence-corrected chi connectivity index (χ0v) is 22.4. The van der Waals surface area contributed by atoms with Crippen LogP contribution in [0.1, 0.15) is 53.7 Å². The molecule has 220 valence electrons. The topological polar surface area (TPSA) is 178 Å². The van der Waals surface area contributed by atoms with Gasteiger partial charge in [-0.3, -0.25) is 9.36 Å². The van der Waals surface area contributed by atoms with Crippen LogP contribution in [0.25, 0.3) is 0 Å². The van der Waals surface area contributed by atoms with Crippen molar-refractivity contribution in [1.29, 1.82) is 0 Å². The van der Waals surface area contributed by atoms with E-state index in [0.29, 0.717) is 4.57 Å². The number of nitrogens with one attached hydrogen (secondary N) is 2. The predicted octanol–water partition coefficient (Wildman–Crippen LogP) is 0.981. The van der Waals surface area contributed by atoms with Gasteiger partial charge in [-0.1, -0.05) is 13.8 Å². The molecule has 1 aliphatic heterocycles. The van der Waals surface area contributed by atoms with E-state index >= 15 is 0 Å². The number of carbonyl (C=O) groups excluding carboxylic acids is 3. The number of rotatable bonds is 10. The van der Waals surface area contributed by atoms with E-state index < -0.39 is 72.7 Å². The molecule has 1 saturated heterocycles. The monoisotopic (exact) mass is 562 g/mol. The van der Waals surface area contributed by atoms with Crippen molar-refractivity contribution in [3.63, 3.8) is 0 Å². The Morgan fingerprint density at radius 2 is 1.90 bits per heavy atom. The van der Waals surface area contributed by atoms with E-state index in [-0.39, 0.29) is 31.2 Å². The average Bonchev–Trinajstić information content (AvgIpc) is 2.83. The van der Waals surface area contributed by atoms with E-state index in [0.717, 1.165) is 12.3 Å². The number of ether oxygens (including phenoxy) is 3. The largest absolute Gasteiger partial charge is 0.464 e. The van der Waals surface area contributed by atoms with E-state index in [9.17, 15) is 38.2 Å². The molecule has 2 amide bonds. The first-order valence-electron chi connectivity index (χ1n) is 12.4. The Kier molecular flexibility index (Phi) is 11.3. The summed E-state index contributed by atoms with van der Waals surface area (Å²) in [5.41, 5.74) is -1.92. The number of aromatic nitrogens is 2. The summed E-state index contributed by atoms with van der Waals surface area (Å²) in [6.45, 7) is 7.88. The van der Waals surface area contributed by atoms with Gasteiger partial charge in [0.2, 0.25) is 5.91 Å². The summed E-state index contributed by atoms with van der Waals surface area (Å²) >= 11 is 0. The van der Waals surface area contributed by atoms with Crippen LogP contribution in [0.3, 0.4) is 0 Å². The summed E-state index contributed by atoms with van der Waals surface area (Å²) in [5.74, 6) is -1.61. The third-order valence-electron chi connectivity index (χ3n) is 5.34. The number of alkyl carbamates (subject to hydrolysis) is 1. The Labute approximate surface area is 223 Å². The fourth-order valence-corrected chi connectivity index (χ4v) is 3.46. The van der Waals surface area contributed by atoms with Crippen LogP contribution < -0.4 is 16.3 Å². The van der Waals surface area contributed by atoms with Crippen LogP contribution in [0, 0.1) is 5.92 Å². The van der Waals surface area contributed by atoms with Gasteiger partial charge in [0, 0.05) is 12.6 Å². The van der Waals surface area contributed by atoms with E-state index in [1.807, 2.05) is 13.8 Å². The highest BCUT2D eigenvalue weighted by Crippen LogP contribution is 2.31. The third-order valence-corrected chi connectivity index (χ3v) is 5.34. The molecule has 0 bridgehead atoms. The quantitative estimate of drug-likeness (QED) is 0.301. The summed E-state index contributed by atoms with van der Waals surface area (Å²) < 4.78 is 44.6. The van der Waals surface area contributed by atoms with Crippen LogP contribution >= 0.6 is 0 Å². The first-order chi connectivity index (χ1) is 18.1. The van der Waals surface area contributed by atoms with Crippen molar-refractivity contribution >= 4 is 23.8 Å². The molecule has 2 rings (SSSR count). The SMILES string of the molecule is CC(C)COC(=O)C(CCC(=O)Nc1ccn([C@@H]2O[C@H](CO)[C@H](O)[C@H](F)C2F)c(=O)n1)NC(=O)OC(C)(C)C. The molecule has 13 nitrogen and oxygen atoms in total. The molecule has 0 aliphatic carbocycles. The molecule has 2 heterocycles. The Bertz CT molecular complexity index is 1060. The van der Waals surface area contributed by atoms with E-state index in [2.05, 4.69) is 15.6 Å². The van der Waals surface area contributed by atoms with Crippen molar-refractivity contribution < 1.29 is 47.6 Å². The highest BCUT2D eigenvalue weighted by atomic mass is 19.2. The molecular weight excluding hydrogens is 526 g/mol. The van der Waals surface area contributed by atoms with Gasteiger partial charge in [-0.15, -0.1) is 0 Å². The number of nitrogens with zero attached hydrogens (tertiary/aromatic N) is 2. The molecule has 15 heteroatoms. The number of aliphatic hydroxyl groups excluding tert-OH is 2. The molecule has 6 atom stereocenters. The Morgan fingerprint density at radius 3 is 2.46 bits per heavy atom. The lowest BCUT2D eigenvalue weighted by molar-refractivity contribution is -0.220. The number of anilines is 1. The van der Waals surface area contributed by atoms with Gasteiger partial charge in [0.25, 0.3) is 0 Å². The maximum Gasteiger partial charge on any atom is 0.408 e. The molecule has 1 aromatic heterocycles. The van der Waals surface area contributed by atoms with Crippen molar-refractivity contribution in [2.24, 2.45) is 5.92 Å². The fourth-order valence-electron chi connectivity index (χ4n) is 3.46. The third kappa shape index (κ3) is 9.51. The Morgan fingerprint density at radius 1 is 1.23 bits per heavy atom. The molecule has 1 aromatic rings. The second-order valence-corrected chi connectivity index (χ2v) is 10.4. The Balaban J connectivity index is 2.05. The lowest BCUT2D eigenvalue weighted by Crippen LogP contribution is -2.54.